The molecule has 3 aromatic rings. The van der Waals surface area contributed by atoms with Gasteiger partial charge in [0, 0.05) is 28.5 Å². The second-order valence-electron chi connectivity index (χ2n) is 9.66. The molecule has 1 amide bonds. The zero-order valence-electron chi connectivity index (χ0n) is 19.0. The molecular weight excluding hydrogens is 488 g/mol. The van der Waals surface area contributed by atoms with Gasteiger partial charge in [0.1, 0.15) is 6.17 Å². The van der Waals surface area contributed by atoms with E-state index in [9.17, 15) is 19.1 Å². The molecule has 1 saturated carbocycles. The minimum Gasteiger partial charge on any atom is -0.502 e. The second-order valence-corrected chi connectivity index (χ2v) is 10.7. The van der Waals surface area contributed by atoms with Crippen LogP contribution in [0.15, 0.2) is 58.4 Å². The maximum absolute atomic E-state index is 15.2. The van der Waals surface area contributed by atoms with Crippen molar-refractivity contribution >= 4 is 17.7 Å². The molecule has 7 rings (SSSR count). The fourth-order valence-electron chi connectivity index (χ4n) is 5.80. The third-order valence-corrected chi connectivity index (χ3v) is 8.80. The van der Waals surface area contributed by atoms with Crippen molar-refractivity contribution in [1.29, 1.82) is 0 Å². The number of hydrogen-bond acceptors (Lipinski definition) is 6. The molecule has 3 aliphatic heterocycles. The number of nitrogens with zero attached hydrogens (tertiary/aromatic N) is 3. The lowest BCUT2D eigenvalue weighted by Crippen LogP contribution is -2.70. The number of fused-ring (bicyclic) bond motifs is 5. The molecule has 2 fully saturated rings. The Bertz CT molecular complexity index is 1500. The van der Waals surface area contributed by atoms with E-state index < -0.39 is 46.5 Å². The summed E-state index contributed by atoms with van der Waals surface area (Å²) in [5.74, 6) is -2.65. The van der Waals surface area contributed by atoms with Crippen LogP contribution >= 0.6 is 11.8 Å². The quantitative estimate of drug-likeness (QED) is 0.541. The van der Waals surface area contributed by atoms with Gasteiger partial charge in [-0.3, -0.25) is 19.3 Å². The van der Waals surface area contributed by atoms with E-state index in [1.807, 2.05) is 29.3 Å². The van der Waals surface area contributed by atoms with E-state index in [2.05, 4.69) is 0 Å². The van der Waals surface area contributed by atoms with Gasteiger partial charge >= 0.3 is 0 Å². The first-order valence-corrected chi connectivity index (χ1v) is 12.7. The summed E-state index contributed by atoms with van der Waals surface area (Å²) in [4.78, 5) is 28.8. The Hall–Kier alpha value is -3.37. The van der Waals surface area contributed by atoms with Gasteiger partial charge in [-0.1, -0.05) is 24.3 Å². The molecule has 2 aromatic carbocycles. The van der Waals surface area contributed by atoms with E-state index in [-0.39, 0.29) is 23.6 Å². The minimum absolute atomic E-state index is 0.134. The van der Waals surface area contributed by atoms with Crippen molar-refractivity contribution in [3.8, 4) is 5.75 Å². The van der Waals surface area contributed by atoms with E-state index in [1.165, 1.54) is 28.7 Å². The van der Waals surface area contributed by atoms with Gasteiger partial charge in [0.25, 0.3) is 5.91 Å². The predicted octanol–water partition coefficient (Wildman–Crippen LogP) is 3.51. The molecule has 7 nitrogen and oxygen atoms in total. The number of amides is 1. The third-order valence-electron chi connectivity index (χ3n) is 7.68. The molecule has 1 N–H and O–H groups in total. The van der Waals surface area contributed by atoms with E-state index in [1.54, 1.807) is 11.0 Å². The molecule has 0 unspecified atom stereocenters. The third kappa shape index (κ3) is 2.88. The Balaban J connectivity index is 1.54. The van der Waals surface area contributed by atoms with Crippen LogP contribution in [0, 0.1) is 11.6 Å². The number of rotatable bonds is 1. The molecular formula is C26H21F2N3O4S. The normalized spacial score (nSPS) is 23.4. The van der Waals surface area contributed by atoms with Gasteiger partial charge in [-0.05, 0) is 36.1 Å². The largest absolute Gasteiger partial charge is 0.502 e. The van der Waals surface area contributed by atoms with Crippen LogP contribution in [0.2, 0.25) is 0 Å². The van der Waals surface area contributed by atoms with Gasteiger partial charge in [0.15, 0.2) is 23.1 Å². The molecule has 4 heterocycles. The number of hydrogen-bond donors (Lipinski definition) is 1. The molecule has 0 radical (unpaired) electrons. The summed E-state index contributed by atoms with van der Waals surface area (Å²) in [7, 11) is 0. The van der Waals surface area contributed by atoms with E-state index in [0.29, 0.717) is 12.2 Å². The van der Waals surface area contributed by atoms with Gasteiger partial charge in [0.05, 0.1) is 24.8 Å². The van der Waals surface area contributed by atoms with Crippen LogP contribution < -0.4 is 10.4 Å². The molecule has 2 atom stereocenters. The molecule has 0 bridgehead atoms. The lowest BCUT2D eigenvalue weighted by Gasteiger charge is -2.54. The van der Waals surface area contributed by atoms with Crippen molar-refractivity contribution in [1.82, 2.24) is 9.58 Å². The maximum atomic E-state index is 15.2. The number of pyridine rings is 1. The van der Waals surface area contributed by atoms with Gasteiger partial charge in [-0.15, -0.1) is 11.8 Å². The molecule has 10 heteroatoms. The van der Waals surface area contributed by atoms with Crippen LogP contribution in [-0.2, 0) is 10.5 Å². The summed E-state index contributed by atoms with van der Waals surface area (Å²) in [6.45, 7) is 0.555. The summed E-state index contributed by atoms with van der Waals surface area (Å²) in [6.07, 6.45) is 2.36. The number of morpholine rings is 1. The fraction of sp³-hybridized carbons (Fsp3) is 0.308. The van der Waals surface area contributed by atoms with Gasteiger partial charge in [-0.2, -0.15) is 0 Å². The standard InChI is InChI=1S/C26H21F2N3O4S/c27-17-6-5-14-16(21(17)28)12-36-19-4-2-1-3-15(19)22(14)31-20-11-35-13-26(8-9-26)30(20)25(34)23-24(33)18(32)7-10-29(23)31/h1-7,10,20,22,33H,8-9,11-13H2/t20-,22+/m1/s1. The monoisotopic (exact) mass is 509 g/mol. The van der Waals surface area contributed by atoms with Crippen LogP contribution in [0.3, 0.4) is 0 Å². The number of carbonyl (C=O) groups is 1. The molecule has 1 spiro atoms. The number of benzene rings is 2. The zero-order chi connectivity index (χ0) is 24.8. The first kappa shape index (κ1) is 21.9. The Morgan fingerprint density at radius 1 is 1.06 bits per heavy atom. The number of carbonyl (C=O) groups excluding carboxylic acids is 1. The average Bonchev–Trinajstić information content (AvgIpc) is 3.66. The summed E-state index contributed by atoms with van der Waals surface area (Å²) in [5, 5.41) is 12.7. The molecule has 4 aliphatic rings. The fourth-order valence-corrected chi connectivity index (χ4v) is 6.92. The summed E-state index contributed by atoms with van der Waals surface area (Å²) < 4.78 is 37.0. The first-order valence-electron chi connectivity index (χ1n) is 11.7. The van der Waals surface area contributed by atoms with Crippen LogP contribution in [-0.4, -0.2) is 45.5 Å². The number of thioether (sulfide) groups is 1. The minimum atomic E-state index is -0.922. The number of ether oxygens (including phenoxy) is 1. The highest BCUT2D eigenvalue weighted by molar-refractivity contribution is 7.98. The van der Waals surface area contributed by atoms with Gasteiger partial charge in [-0.25, -0.2) is 8.78 Å². The molecule has 36 heavy (non-hydrogen) atoms. The van der Waals surface area contributed by atoms with Crippen molar-refractivity contribution in [2.24, 2.45) is 0 Å². The van der Waals surface area contributed by atoms with Crippen molar-refractivity contribution in [3.05, 3.63) is 92.9 Å². The Labute approximate surface area is 208 Å². The first-order chi connectivity index (χ1) is 17.4. The lowest BCUT2D eigenvalue weighted by atomic mass is 9.92. The van der Waals surface area contributed by atoms with Crippen LogP contribution in [0.4, 0.5) is 8.78 Å². The Morgan fingerprint density at radius 3 is 2.67 bits per heavy atom. The lowest BCUT2D eigenvalue weighted by molar-refractivity contribution is -0.0617. The average molecular weight is 510 g/mol. The second kappa shape index (κ2) is 7.57. The SMILES string of the molecule is O=C1c2c(O)c(=O)ccn2N([C@@H]2c3ccccc3SCc3c2ccc(F)c3F)[C@@H]2COCC3(CC3)N12. The van der Waals surface area contributed by atoms with Gasteiger partial charge in [0.2, 0.25) is 5.43 Å². The van der Waals surface area contributed by atoms with Crippen LogP contribution in [0.5, 0.6) is 5.75 Å². The van der Waals surface area contributed by atoms with Crippen LogP contribution in [0.1, 0.15) is 46.1 Å². The van der Waals surface area contributed by atoms with Crippen molar-refractivity contribution in [3.63, 3.8) is 0 Å². The highest BCUT2D eigenvalue weighted by Crippen LogP contribution is 2.51. The summed E-state index contributed by atoms with van der Waals surface area (Å²) in [6, 6.07) is 10.9. The topological polar surface area (TPSA) is 75.0 Å². The maximum Gasteiger partial charge on any atom is 0.278 e. The highest BCUT2D eigenvalue weighted by atomic mass is 32.2. The summed E-state index contributed by atoms with van der Waals surface area (Å²) in [5.41, 5.74) is 0.343. The van der Waals surface area contributed by atoms with Gasteiger partial charge < -0.3 is 14.7 Å². The molecule has 1 aliphatic carbocycles. The molecule has 184 valence electrons. The summed E-state index contributed by atoms with van der Waals surface area (Å²) >= 11 is 1.42. The van der Waals surface area contributed by atoms with Crippen molar-refractivity contribution in [2.45, 2.75) is 41.2 Å². The Kier molecular flexibility index (Phi) is 4.60. The number of aromatic hydroxyl groups is 1. The van der Waals surface area contributed by atoms with Crippen molar-refractivity contribution in [2.75, 3.05) is 18.2 Å². The molecule has 1 saturated heterocycles. The van der Waals surface area contributed by atoms with Crippen molar-refractivity contribution < 1.29 is 23.4 Å². The van der Waals surface area contributed by atoms with E-state index >= 15 is 4.39 Å². The smallest absolute Gasteiger partial charge is 0.278 e. The Morgan fingerprint density at radius 2 is 1.86 bits per heavy atom. The van der Waals surface area contributed by atoms with E-state index in [4.69, 9.17) is 4.74 Å². The molecule has 1 aromatic heterocycles. The van der Waals surface area contributed by atoms with E-state index in [0.717, 1.165) is 29.4 Å². The predicted molar refractivity (Wildman–Crippen MR) is 128 cm³/mol. The zero-order valence-corrected chi connectivity index (χ0v) is 19.8. The number of aromatic nitrogens is 1. The highest BCUT2D eigenvalue weighted by Gasteiger charge is 2.60. The number of halogens is 2. The van der Waals surface area contributed by atoms with Crippen LogP contribution in [0.25, 0.3) is 0 Å².